The van der Waals surface area contributed by atoms with Gasteiger partial charge in [0.15, 0.2) is 0 Å². The van der Waals surface area contributed by atoms with Crippen LogP contribution in [0.1, 0.15) is 36.4 Å². The van der Waals surface area contributed by atoms with E-state index in [1.54, 1.807) is 0 Å². The van der Waals surface area contributed by atoms with E-state index in [1.807, 2.05) is 0 Å². The molecule has 0 aliphatic heterocycles. The van der Waals surface area contributed by atoms with Gasteiger partial charge < -0.3 is 5.73 Å². The SMILES string of the molecule is NC(CCCC(F)(F)F)c1cc(F)ccc1C(F)(F)F. The van der Waals surface area contributed by atoms with Crippen molar-refractivity contribution in [2.24, 2.45) is 5.73 Å². The van der Waals surface area contributed by atoms with Crippen molar-refractivity contribution in [2.75, 3.05) is 0 Å². The lowest BCUT2D eigenvalue weighted by atomic mass is 9.96. The molecule has 2 N–H and O–H groups in total. The van der Waals surface area contributed by atoms with Crippen LogP contribution in [0.2, 0.25) is 0 Å². The van der Waals surface area contributed by atoms with Gasteiger partial charge in [-0.05, 0) is 36.6 Å². The number of rotatable bonds is 4. The maximum Gasteiger partial charge on any atom is 0.416 e. The first-order valence-corrected chi connectivity index (χ1v) is 5.69. The van der Waals surface area contributed by atoms with Crippen molar-refractivity contribution in [3.05, 3.63) is 35.1 Å². The van der Waals surface area contributed by atoms with Gasteiger partial charge in [-0.3, -0.25) is 0 Å². The smallest absolute Gasteiger partial charge is 0.324 e. The lowest BCUT2D eigenvalue weighted by Crippen LogP contribution is -2.18. The summed E-state index contributed by atoms with van der Waals surface area (Å²) < 4.78 is 87.0. The summed E-state index contributed by atoms with van der Waals surface area (Å²) in [5, 5.41) is 0. The Morgan fingerprint density at radius 1 is 1.05 bits per heavy atom. The van der Waals surface area contributed by atoms with Gasteiger partial charge in [-0.2, -0.15) is 26.3 Å². The molecule has 1 rings (SSSR count). The van der Waals surface area contributed by atoms with Gasteiger partial charge in [0, 0.05) is 12.5 Å². The Kier molecular flexibility index (Phi) is 5.01. The number of hydrogen-bond acceptors (Lipinski definition) is 1. The minimum atomic E-state index is -4.73. The van der Waals surface area contributed by atoms with Gasteiger partial charge in [0.1, 0.15) is 5.82 Å². The van der Waals surface area contributed by atoms with E-state index in [4.69, 9.17) is 5.73 Å². The molecule has 0 aliphatic carbocycles. The summed E-state index contributed by atoms with van der Waals surface area (Å²) >= 11 is 0. The Morgan fingerprint density at radius 2 is 1.65 bits per heavy atom. The molecule has 0 aromatic heterocycles. The van der Waals surface area contributed by atoms with Crippen LogP contribution in [0.25, 0.3) is 0 Å². The monoisotopic (exact) mass is 303 g/mol. The van der Waals surface area contributed by atoms with Crippen molar-refractivity contribution in [3.8, 4) is 0 Å². The molecule has 0 radical (unpaired) electrons. The van der Waals surface area contributed by atoms with Gasteiger partial charge in [-0.1, -0.05) is 0 Å². The van der Waals surface area contributed by atoms with Gasteiger partial charge in [0.2, 0.25) is 0 Å². The molecular weight excluding hydrogens is 291 g/mol. The molecule has 0 saturated carbocycles. The molecule has 1 atom stereocenters. The van der Waals surface area contributed by atoms with Crippen LogP contribution in [0, 0.1) is 5.82 Å². The molecule has 0 aliphatic rings. The van der Waals surface area contributed by atoms with Gasteiger partial charge in [-0.25, -0.2) is 4.39 Å². The summed E-state index contributed by atoms with van der Waals surface area (Å²) in [5.74, 6) is -0.917. The zero-order valence-electron chi connectivity index (χ0n) is 10.2. The number of hydrogen-bond donors (Lipinski definition) is 1. The molecule has 0 amide bonds. The molecule has 0 saturated heterocycles. The number of nitrogens with two attached hydrogens (primary N) is 1. The Labute approximate surface area is 110 Å². The Balaban J connectivity index is 2.86. The predicted molar refractivity (Wildman–Crippen MR) is 58.2 cm³/mol. The number of halogens is 7. The highest BCUT2D eigenvalue weighted by Gasteiger charge is 2.35. The average molecular weight is 303 g/mol. The Morgan fingerprint density at radius 3 is 2.15 bits per heavy atom. The van der Waals surface area contributed by atoms with Crippen LogP contribution in [0.4, 0.5) is 30.7 Å². The largest absolute Gasteiger partial charge is 0.416 e. The van der Waals surface area contributed by atoms with Crippen LogP contribution in [0.5, 0.6) is 0 Å². The van der Waals surface area contributed by atoms with E-state index in [1.165, 1.54) is 0 Å². The first kappa shape index (κ1) is 16.7. The minimum absolute atomic E-state index is 0.313. The lowest BCUT2D eigenvalue weighted by molar-refractivity contribution is -0.139. The first-order valence-electron chi connectivity index (χ1n) is 5.69. The molecule has 1 aromatic rings. The van der Waals surface area contributed by atoms with E-state index in [0.717, 1.165) is 0 Å². The second kappa shape index (κ2) is 5.99. The maximum atomic E-state index is 13.0. The molecule has 1 nitrogen and oxygen atoms in total. The van der Waals surface area contributed by atoms with E-state index in [2.05, 4.69) is 0 Å². The summed E-state index contributed by atoms with van der Waals surface area (Å²) in [6.07, 6.45) is -11.0. The summed E-state index contributed by atoms with van der Waals surface area (Å²) in [6, 6.07) is 0.481. The third kappa shape index (κ3) is 4.99. The Bertz CT molecular complexity index is 450. The van der Waals surface area contributed by atoms with Crippen molar-refractivity contribution in [1.82, 2.24) is 0 Å². The fraction of sp³-hybridized carbons (Fsp3) is 0.500. The highest BCUT2D eigenvalue weighted by atomic mass is 19.4. The fourth-order valence-electron chi connectivity index (χ4n) is 1.78. The molecule has 1 aromatic carbocycles. The van der Waals surface area contributed by atoms with Gasteiger partial charge >= 0.3 is 12.4 Å². The zero-order valence-corrected chi connectivity index (χ0v) is 10.2. The Hall–Kier alpha value is -1.31. The lowest BCUT2D eigenvalue weighted by Gasteiger charge is -2.18. The summed E-state index contributed by atoms with van der Waals surface area (Å²) in [7, 11) is 0. The van der Waals surface area contributed by atoms with Crippen LogP contribution in [-0.2, 0) is 6.18 Å². The molecular formula is C12H12F7N. The van der Waals surface area contributed by atoms with Gasteiger partial charge in [0.05, 0.1) is 5.56 Å². The molecule has 0 fully saturated rings. The molecule has 0 heterocycles. The van der Waals surface area contributed by atoms with E-state index in [-0.39, 0.29) is 6.42 Å². The van der Waals surface area contributed by atoms with Crippen LogP contribution < -0.4 is 5.73 Å². The molecule has 8 heteroatoms. The highest BCUT2D eigenvalue weighted by molar-refractivity contribution is 5.32. The third-order valence-corrected chi connectivity index (χ3v) is 2.69. The minimum Gasteiger partial charge on any atom is -0.324 e. The van der Waals surface area contributed by atoms with Crippen LogP contribution in [-0.4, -0.2) is 6.18 Å². The van der Waals surface area contributed by atoms with Crippen LogP contribution in [0.3, 0.4) is 0 Å². The summed E-state index contributed by atoms with van der Waals surface area (Å²) in [5.41, 5.74) is 3.80. The molecule has 0 spiro atoms. The van der Waals surface area contributed by atoms with E-state index < -0.39 is 48.2 Å². The van der Waals surface area contributed by atoms with Crippen molar-refractivity contribution in [3.63, 3.8) is 0 Å². The average Bonchev–Trinajstić information content (AvgIpc) is 2.25. The predicted octanol–water partition coefficient (Wildman–Crippen LogP) is 4.58. The standard InChI is InChI=1S/C12H12F7N/c13-7-3-4-9(12(17,18)19)8(6-7)10(20)2-1-5-11(14,15)16/h3-4,6,10H,1-2,5,20H2. The van der Waals surface area contributed by atoms with E-state index in [0.29, 0.717) is 18.2 Å². The number of alkyl halides is 6. The molecule has 20 heavy (non-hydrogen) atoms. The summed E-state index contributed by atoms with van der Waals surface area (Å²) in [6.45, 7) is 0. The first-order chi connectivity index (χ1) is 9.00. The van der Waals surface area contributed by atoms with Crippen molar-refractivity contribution < 1.29 is 30.7 Å². The van der Waals surface area contributed by atoms with Crippen LogP contribution >= 0.6 is 0 Å². The van der Waals surface area contributed by atoms with Gasteiger partial charge in [-0.15, -0.1) is 0 Å². The summed E-state index contributed by atoms with van der Waals surface area (Å²) in [4.78, 5) is 0. The van der Waals surface area contributed by atoms with Gasteiger partial charge in [0.25, 0.3) is 0 Å². The second-order valence-corrected chi connectivity index (χ2v) is 4.34. The van der Waals surface area contributed by atoms with Crippen molar-refractivity contribution >= 4 is 0 Å². The van der Waals surface area contributed by atoms with Crippen molar-refractivity contribution in [2.45, 2.75) is 37.7 Å². The molecule has 0 bridgehead atoms. The van der Waals surface area contributed by atoms with Crippen molar-refractivity contribution in [1.29, 1.82) is 0 Å². The third-order valence-electron chi connectivity index (χ3n) is 2.69. The maximum absolute atomic E-state index is 13.0. The number of benzene rings is 1. The van der Waals surface area contributed by atoms with Crippen LogP contribution in [0.15, 0.2) is 18.2 Å². The molecule has 114 valence electrons. The topological polar surface area (TPSA) is 26.0 Å². The molecule has 1 unspecified atom stereocenters. The second-order valence-electron chi connectivity index (χ2n) is 4.34. The highest BCUT2D eigenvalue weighted by Crippen LogP contribution is 2.36. The quantitative estimate of drug-likeness (QED) is 0.810. The van der Waals surface area contributed by atoms with E-state index in [9.17, 15) is 30.7 Å². The zero-order chi connectivity index (χ0) is 15.6. The van der Waals surface area contributed by atoms with E-state index >= 15 is 0 Å². The normalized spacial score (nSPS) is 14.4. The fourth-order valence-corrected chi connectivity index (χ4v) is 1.78.